The number of fused-ring (bicyclic) bond motifs is 1. The third kappa shape index (κ3) is 2.07. The van der Waals surface area contributed by atoms with Gasteiger partial charge in [0.2, 0.25) is 5.91 Å². The molecular formula is C14H12F2N2O2. The van der Waals surface area contributed by atoms with Gasteiger partial charge in [0.25, 0.3) is 0 Å². The van der Waals surface area contributed by atoms with E-state index in [0.29, 0.717) is 36.5 Å². The van der Waals surface area contributed by atoms with Crippen LogP contribution in [-0.2, 0) is 17.8 Å². The summed E-state index contributed by atoms with van der Waals surface area (Å²) in [6.07, 6.45) is 0.575. The van der Waals surface area contributed by atoms with Crippen LogP contribution < -0.4 is 0 Å². The second-order valence-electron chi connectivity index (χ2n) is 4.75. The van der Waals surface area contributed by atoms with Crippen LogP contribution in [0.1, 0.15) is 18.2 Å². The van der Waals surface area contributed by atoms with Crippen molar-refractivity contribution in [3.63, 3.8) is 0 Å². The summed E-state index contributed by atoms with van der Waals surface area (Å²) in [6, 6.07) is 3.58. The van der Waals surface area contributed by atoms with E-state index >= 15 is 0 Å². The minimum atomic E-state index is -0.932. The maximum atomic E-state index is 13.3. The highest BCUT2D eigenvalue weighted by Crippen LogP contribution is 2.30. The zero-order chi connectivity index (χ0) is 14.3. The van der Waals surface area contributed by atoms with E-state index in [0.717, 1.165) is 17.7 Å². The Kier molecular flexibility index (Phi) is 3.00. The summed E-state index contributed by atoms with van der Waals surface area (Å²) in [4.78, 5) is 13.1. The highest BCUT2D eigenvalue weighted by atomic mass is 19.2. The van der Waals surface area contributed by atoms with Crippen molar-refractivity contribution in [1.82, 2.24) is 10.1 Å². The summed E-state index contributed by atoms with van der Waals surface area (Å²) < 4.78 is 31.5. The molecule has 4 nitrogen and oxygen atoms in total. The van der Waals surface area contributed by atoms with Crippen LogP contribution in [-0.4, -0.2) is 22.5 Å². The fraction of sp³-hybridized carbons (Fsp3) is 0.286. The van der Waals surface area contributed by atoms with Gasteiger partial charge < -0.3 is 9.42 Å². The Bertz CT molecular complexity index is 682. The van der Waals surface area contributed by atoms with E-state index in [-0.39, 0.29) is 5.91 Å². The topological polar surface area (TPSA) is 46.3 Å². The Balaban J connectivity index is 2.02. The van der Waals surface area contributed by atoms with Crippen LogP contribution >= 0.6 is 0 Å². The molecule has 1 aromatic carbocycles. The van der Waals surface area contributed by atoms with Gasteiger partial charge >= 0.3 is 0 Å². The molecule has 0 unspecified atom stereocenters. The Morgan fingerprint density at radius 1 is 1.35 bits per heavy atom. The van der Waals surface area contributed by atoms with Gasteiger partial charge in [0.1, 0.15) is 11.5 Å². The molecule has 1 aliphatic rings. The molecule has 2 heterocycles. The Morgan fingerprint density at radius 3 is 2.85 bits per heavy atom. The standard InChI is InChI=1S/C14H12F2N2O2/c1-8(19)18-5-4-13-10(7-18)14(17-20-13)9-2-3-11(15)12(16)6-9/h2-3,6H,4-5,7H2,1H3. The number of amides is 1. The predicted octanol–water partition coefficient (Wildman–Crippen LogP) is 2.52. The molecule has 0 bridgehead atoms. The highest BCUT2D eigenvalue weighted by Gasteiger charge is 2.26. The van der Waals surface area contributed by atoms with Gasteiger partial charge in [0.15, 0.2) is 11.6 Å². The SMILES string of the molecule is CC(=O)N1CCc2onc(-c3ccc(F)c(F)c3)c2C1. The Morgan fingerprint density at radius 2 is 2.15 bits per heavy atom. The first kappa shape index (κ1) is 12.8. The number of halogens is 2. The van der Waals surface area contributed by atoms with Gasteiger partial charge in [0, 0.05) is 31.0 Å². The fourth-order valence-corrected chi connectivity index (χ4v) is 2.35. The first-order valence-electron chi connectivity index (χ1n) is 6.24. The molecule has 0 aliphatic carbocycles. The molecule has 0 saturated heterocycles. The van der Waals surface area contributed by atoms with Crippen molar-refractivity contribution in [2.45, 2.75) is 19.9 Å². The first-order chi connectivity index (χ1) is 9.56. The number of aromatic nitrogens is 1. The molecule has 1 amide bonds. The maximum absolute atomic E-state index is 13.3. The summed E-state index contributed by atoms with van der Waals surface area (Å²) >= 11 is 0. The lowest BCUT2D eigenvalue weighted by molar-refractivity contribution is -0.129. The lowest BCUT2D eigenvalue weighted by atomic mass is 10.0. The number of hydrogen-bond donors (Lipinski definition) is 0. The molecule has 2 aromatic rings. The minimum absolute atomic E-state index is 0.0342. The van der Waals surface area contributed by atoms with Gasteiger partial charge in [-0.05, 0) is 18.2 Å². The van der Waals surface area contributed by atoms with Crippen LogP contribution in [0.25, 0.3) is 11.3 Å². The fourth-order valence-electron chi connectivity index (χ4n) is 2.35. The van der Waals surface area contributed by atoms with Gasteiger partial charge in [-0.15, -0.1) is 0 Å². The molecule has 0 spiro atoms. The van der Waals surface area contributed by atoms with Crippen LogP contribution in [0.4, 0.5) is 8.78 Å². The van der Waals surface area contributed by atoms with Crippen molar-refractivity contribution in [2.75, 3.05) is 6.54 Å². The number of rotatable bonds is 1. The van der Waals surface area contributed by atoms with Crippen molar-refractivity contribution < 1.29 is 18.1 Å². The molecule has 6 heteroatoms. The zero-order valence-corrected chi connectivity index (χ0v) is 10.8. The van der Waals surface area contributed by atoms with E-state index in [1.54, 1.807) is 4.90 Å². The summed E-state index contributed by atoms with van der Waals surface area (Å²) in [5, 5.41) is 3.93. The number of benzene rings is 1. The van der Waals surface area contributed by atoms with E-state index in [4.69, 9.17) is 4.52 Å². The van der Waals surface area contributed by atoms with Gasteiger partial charge in [-0.3, -0.25) is 4.79 Å². The van der Waals surface area contributed by atoms with Gasteiger partial charge in [0.05, 0.1) is 6.54 Å². The largest absolute Gasteiger partial charge is 0.360 e. The van der Waals surface area contributed by atoms with Crippen LogP contribution in [0.5, 0.6) is 0 Å². The minimum Gasteiger partial charge on any atom is -0.360 e. The molecule has 3 rings (SSSR count). The van der Waals surface area contributed by atoms with Gasteiger partial charge in [-0.1, -0.05) is 5.16 Å². The lowest BCUT2D eigenvalue weighted by Crippen LogP contribution is -2.33. The number of hydrogen-bond acceptors (Lipinski definition) is 3. The molecule has 0 N–H and O–H groups in total. The summed E-state index contributed by atoms with van der Waals surface area (Å²) in [6.45, 7) is 2.45. The van der Waals surface area contributed by atoms with Crippen molar-refractivity contribution in [2.24, 2.45) is 0 Å². The molecule has 0 saturated carbocycles. The molecule has 104 valence electrons. The van der Waals surface area contributed by atoms with Crippen molar-refractivity contribution in [1.29, 1.82) is 0 Å². The maximum Gasteiger partial charge on any atom is 0.219 e. The highest BCUT2D eigenvalue weighted by molar-refractivity contribution is 5.74. The van der Waals surface area contributed by atoms with Crippen molar-refractivity contribution >= 4 is 5.91 Å². The molecular weight excluding hydrogens is 266 g/mol. The van der Waals surface area contributed by atoms with Crippen LogP contribution in [0.2, 0.25) is 0 Å². The van der Waals surface area contributed by atoms with Crippen molar-refractivity contribution in [3.8, 4) is 11.3 Å². The smallest absolute Gasteiger partial charge is 0.219 e. The normalized spacial score (nSPS) is 14.2. The predicted molar refractivity (Wildman–Crippen MR) is 66.7 cm³/mol. The quantitative estimate of drug-likeness (QED) is 0.805. The van der Waals surface area contributed by atoms with Crippen LogP contribution in [0.15, 0.2) is 22.7 Å². The number of carbonyl (C=O) groups is 1. The second kappa shape index (κ2) is 4.70. The third-order valence-electron chi connectivity index (χ3n) is 3.47. The molecule has 0 fully saturated rings. The third-order valence-corrected chi connectivity index (χ3v) is 3.47. The van der Waals surface area contributed by atoms with E-state index in [1.807, 2.05) is 0 Å². The molecule has 1 aliphatic heterocycles. The molecule has 0 atom stereocenters. The molecule has 20 heavy (non-hydrogen) atoms. The lowest BCUT2D eigenvalue weighted by Gasteiger charge is -2.24. The van der Waals surface area contributed by atoms with E-state index in [2.05, 4.69) is 5.16 Å². The number of carbonyl (C=O) groups excluding carboxylic acids is 1. The molecule has 0 radical (unpaired) electrons. The van der Waals surface area contributed by atoms with Crippen molar-refractivity contribution in [3.05, 3.63) is 41.2 Å². The van der Waals surface area contributed by atoms with Gasteiger partial charge in [-0.2, -0.15) is 0 Å². The van der Waals surface area contributed by atoms with Crippen LogP contribution in [0, 0.1) is 11.6 Å². The second-order valence-corrected chi connectivity index (χ2v) is 4.75. The monoisotopic (exact) mass is 278 g/mol. The van der Waals surface area contributed by atoms with Crippen LogP contribution in [0.3, 0.4) is 0 Å². The summed E-state index contributed by atoms with van der Waals surface area (Å²) in [5.74, 6) is -1.18. The Hall–Kier alpha value is -2.24. The Labute approximate surface area is 114 Å². The van der Waals surface area contributed by atoms with E-state index in [9.17, 15) is 13.6 Å². The summed E-state index contributed by atoms with van der Waals surface area (Å²) in [5.41, 5.74) is 1.67. The van der Waals surface area contributed by atoms with E-state index < -0.39 is 11.6 Å². The number of nitrogens with zero attached hydrogens (tertiary/aromatic N) is 2. The summed E-state index contributed by atoms with van der Waals surface area (Å²) in [7, 11) is 0. The molecule has 1 aromatic heterocycles. The first-order valence-corrected chi connectivity index (χ1v) is 6.24. The average molecular weight is 278 g/mol. The van der Waals surface area contributed by atoms with Gasteiger partial charge in [-0.25, -0.2) is 8.78 Å². The zero-order valence-electron chi connectivity index (χ0n) is 10.8. The van der Waals surface area contributed by atoms with E-state index in [1.165, 1.54) is 13.0 Å². The average Bonchev–Trinajstić information content (AvgIpc) is 2.84.